The van der Waals surface area contributed by atoms with E-state index < -0.39 is 0 Å². The Hall–Kier alpha value is -1.31. The number of unbranched alkanes of at least 4 members (excludes halogenated alkanes) is 2. The molecule has 1 aliphatic carbocycles. The summed E-state index contributed by atoms with van der Waals surface area (Å²) in [6, 6.07) is 8.80. The van der Waals surface area contributed by atoms with Crippen LogP contribution in [-0.4, -0.2) is 11.9 Å². The molecule has 2 heteroatoms. The average Bonchev–Trinajstić information content (AvgIpc) is 2.71. The first kappa shape index (κ1) is 12.2. The van der Waals surface area contributed by atoms with Crippen molar-refractivity contribution in [3.05, 3.63) is 35.4 Å². The molecule has 0 fully saturated rings. The maximum absolute atomic E-state index is 11.7. The van der Waals surface area contributed by atoms with E-state index in [4.69, 9.17) is 0 Å². The highest BCUT2D eigenvalue weighted by atomic mass is 16.1. The standard InChI is InChI=1S/C15H21NO/c1-2-3-4-9-15(17)16-14-10-12-7-5-6-8-13(12)11-14/h5-8,14H,2-4,9-11H2,1H3,(H,16,17). The first-order valence-corrected chi connectivity index (χ1v) is 6.65. The molecule has 0 saturated heterocycles. The van der Waals surface area contributed by atoms with E-state index in [-0.39, 0.29) is 5.91 Å². The SMILES string of the molecule is CCCCCC(=O)NC1Cc2ccccc2C1. The predicted molar refractivity (Wildman–Crippen MR) is 69.9 cm³/mol. The number of carbonyl (C=O) groups excluding carboxylic acids is 1. The van der Waals surface area contributed by atoms with Crippen LogP contribution in [0.5, 0.6) is 0 Å². The van der Waals surface area contributed by atoms with Gasteiger partial charge < -0.3 is 5.32 Å². The van der Waals surface area contributed by atoms with Crippen LogP contribution in [0.15, 0.2) is 24.3 Å². The van der Waals surface area contributed by atoms with Crippen molar-refractivity contribution < 1.29 is 4.79 Å². The van der Waals surface area contributed by atoms with Gasteiger partial charge in [-0.15, -0.1) is 0 Å². The summed E-state index contributed by atoms with van der Waals surface area (Å²) in [6.07, 6.45) is 6.01. The molecule has 0 aromatic heterocycles. The quantitative estimate of drug-likeness (QED) is 0.776. The molecule has 1 aliphatic rings. The molecule has 1 amide bonds. The summed E-state index contributed by atoms with van der Waals surface area (Å²) in [5.41, 5.74) is 2.79. The summed E-state index contributed by atoms with van der Waals surface area (Å²) in [4.78, 5) is 11.7. The van der Waals surface area contributed by atoms with Crippen LogP contribution in [0, 0.1) is 0 Å². The molecular formula is C15H21NO. The van der Waals surface area contributed by atoms with Crippen LogP contribution in [0.4, 0.5) is 0 Å². The zero-order chi connectivity index (χ0) is 12.1. The smallest absolute Gasteiger partial charge is 0.220 e. The molecule has 0 aliphatic heterocycles. The minimum Gasteiger partial charge on any atom is -0.353 e. The number of rotatable bonds is 5. The molecule has 0 saturated carbocycles. The Kier molecular flexibility index (Phi) is 4.18. The minimum atomic E-state index is 0.219. The van der Waals surface area contributed by atoms with Gasteiger partial charge in [-0.3, -0.25) is 4.79 Å². The van der Waals surface area contributed by atoms with Gasteiger partial charge in [-0.05, 0) is 30.4 Å². The van der Waals surface area contributed by atoms with Crippen LogP contribution >= 0.6 is 0 Å². The Morgan fingerprint density at radius 1 is 1.24 bits per heavy atom. The number of hydrogen-bond acceptors (Lipinski definition) is 1. The molecule has 0 unspecified atom stereocenters. The van der Waals surface area contributed by atoms with Crippen LogP contribution < -0.4 is 5.32 Å². The molecule has 1 aromatic rings. The number of carbonyl (C=O) groups is 1. The molecule has 2 rings (SSSR count). The zero-order valence-electron chi connectivity index (χ0n) is 10.5. The van der Waals surface area contributed by atoms with E-state index in [1.165, 1.54) is 17.5 Å². The van der Waals surface area contributed by atoms with Gasteiger partial charge in [0.05, 0.1) is 0 Å². The second kappa shape index (κ2) is 5.85. The Labute approximate surface area is 103 Å². The van der Waals surface area contributed by atoms with Crippen LogP contribution in [0.2, 0.25) is 0 Å². The highest BCUT2D eigenvalue weighted by molar-refractivity contribution is 5.76. The third kappa shape index (κ3) is 3.32. The molecule has 0 heterocycles. The fourth-order valence-electron chi connectivity index (χ4n) is 2.50. The van der Waals surface area contributed by atoms with Gasteiger partial charge in [0, 0.05) is 12.5 Å². The zero-order valence-corrected chi connectivity index (χ0v) is 10.5. The number of hydrogen-bond donors (Lipinski definition) is 1. The molecule has 2 nitrogen and oxygen atoms in total. The van der Waals surface area contributed by atoms with Gasteiger partial charge in [0.25, 0.3) is 0 Å². The number of amides is 1. The van der Waals surface area contributed by atoms with Crippen LogP contribution in [0.25, 0.3) is 0 Å². The van der Waals surface area contributed by atoms with Crippen molar-refractivity contribution in [3.63, 3.8) is 0 Å². The van der Waals surface area contributed by atoms with E-state index in [2.05, 4.69) is 36.5 Å². The predicted octanol–water partition coefficient (Wildman–Crippen LogP) is 2.85. The lowest BCUT2D eigenvalue weighted by Crippen LogP contribution is -2.35. The van der Waals surface area contributed by atoms with Crippen molar-refractivity contribution in [2.45, 2.75) is 51.5 Å². The van der Waals surface area contributed by atoms with E-state index in [0.717, 1.165) is 25.7 Å². The molecule has 0 radical (unpaired) electrons. The maximum atomic E-state index is 11.7. The van der Waals surface area contributed by atoms with Crippen molar-refractivity contribution in [1.82, 2.24) is 5.32 Å². The van der Waals surface area contributed by atoms with Gasteiger partial charge in [0.1, 0.15) is 0 Å². The maximum Gasteiger partial charge on any atom is 0.220 e. The summed E-state index contributed by atoms with van der Waals surface area (Å²) < 4.78 is 0. The highest BCUT2D eigenvalue weighted by Crippen LogP contribution is 2.21. The lowest BCUT2D eigenvalue weighted by atomic mass is 10.1. The summed E-state index contributed by atoms with van der Waals surface area (Å²) in [5, 5.41) is 3.15. The third-order valence-corrected chi connectivity index (χ3v) is 3.42. The first-order chi connectivity index (χ1) is 8.29. The van der Waals surface area contributed by atoms with Gasteiger partial charge in [0.15, 0.2) is 0 Å². The highest BCUT2D eigenvalue weighted by Gasteiger charge is 2.21. The monoisotopic (exact) mass is 231 g/mol. The van der Waals surface area contributed by atoms with Gasteiger partial charge >= 0.3 is 0 Å². The van der Waals surface area contributed by atoms with Crippen molar-refractivity contribution in [2.75, 3.05) is 0 Å². The van der Waals surface area contributed by atoms with E-state index in [9.17, 15) is 4.79 Å². The molecule has 0 bridgehead atoms. The van der Waals surface area contributed by atoms with Gasteiger partial charge in [-0.1, -0.05) is 44.0 Å². The minimum absolute atomic E-state index is 0.219. The molecule has 1 N–H and O–H groups in total. The molecule has 0 spiro atoms. The Bertz CT molecular complexity index is 361. The van der Waals surface area contributed by atoms with Crippen LogP contribution in [-0.2, 0) is 17.6 Å². The Balaban J connectivity index is 1.77. The number of benzene rings is 1. The van der Waals surface area contributed by atoms with E-state index in [1.807, 2.05) is 0 Å². The summed E-state index contributed by atoms with van der Waals surface area (Å²) in [5.74, 6) is 0.219. The van der Waals surface area contributed by atoms with Crippen LogP contribution in [0.3, 0.4) is 0 Å². The Morgan fingerprint density at radius 3 is 2.47 bits per heavy atom. The first-order valence-electron chi connectivity index (χ1n) is 6.65. The lowest BCUT2D eigenvalue weighted by Gasteiger charge is -2.11. The second-order valence-corrected chi connectivity index (χ2v) is 4.90. The molecule has 17 heavy (non-hydrogen) atoms. The number of nitrogens with one attached hydrogen (secondary N) is 1. The lowest BCUT2D eigenvalue weighted by molar-refractivity contribution is -0.121. The van der Waals surface area contributed by atoms with Crippen molar-refractivity contribution in [2.24, 2.45) is 0 Å². The Morgan fingerprint density at radius 2 is 1.88 bits per heavy atom. The normalized spacial score (nSPS) is 14.6. The molecule has 1 aromatic carbocycles. The van der Waals surface area contributed by atoms with Crippen molar-refractivity contribution in [3.8, 4) is 0 Å². The van der Waals surface area contributed by atoms with Gasteiger partial charge in [0.2, 0.25) is 5.91 Å². The fraction of sp³-hybridized carbons (Fsp3) is 0.533. The van der Waals surface area contributed by atoms with Crippen molar-refractivity contribution >= 4 is 5.91 Å². The average molecular weight is 231 g/mol. The van der Waals surface area contributed by atoms with Crippen LogP contribution in [0.1, 0.15) is 43.7 Å². The number of fused-ring (bicyclic) bond motifs is 1. The summed E-state index contributed by atoms with van der Waals surface area (Å²) >= 11 is 0. The van der Waals surface area contributed by atoms with Gasteiger partial charge in [-0.25, -0.2) is 0 Å². The van der Waals surface area contributed by atoms with E-state index >= 15 is 0 Å². The van der Waals surface area contributed by atoms with Crippen molar-refractivity contribution in [1.29, 1.82) is 0 Å². The fourth-order valence-corrected chi connectivity index (χ4v) is 2.50. The summed E-state index contributed by atoms with van der Waals surface area (Å²) in [6.45, 7) is 2.16. The third-order valence-electron chi connectivity index (χ3n) is 3.42. The summed E-state index contributed by atoms with van der Waals surface area (Å²) in [7, 11) is 0. The molecular weight excluding hydrogens is 210 g/mol. The topological polar surface area (TPSA) is 29.1 Å². The van der Waals surface area contributed by atoms with E-state index in [0.29, 0.717) is 12.5 Å². The largest absolute Gasteiger partial charge is 0.353 e. The molecule has 92 valence electrons. The molecule has 0 atom stereocenters. The van der Waals surface area contributed by atoms with Gasteiger partial charge in [-0.2, -0.15) is 0 Å². The second-order valence-electron chi connectivity index (χ2n) is 4.90. The van der Waals surface area contributed by atoms with E-state index in [1.54, 1.807) is 0 Å².